The summed E-state index contributed by atoms with van der Waals surface area (Å²) in [7, 11) is 1.98. The van der Waals surface area contributed by atoms with Crippen LogP contribution < -0.4 is 10.1 Å². The Kier molecular flexibility index (Phi) is 2.23. The van der Waals surface area contributed by atoms with E-state index in [9.17, 15) is 0 Å². The van der Waals surface area contributed by atoms with Gasteiger partial charge in [0, 0.05) is 12.5 Å². The van der Waals surface area contributed by atoms with Crippen molar-refractivity contribution in [1.29, 1.82) is 0 Å². The molecule has 2 rings (SSSR count). The molecule has 2 heteroatoms. The SMILES string of the molecule is CN[C@H](C)c1ccc2c(c1)CCO2. The van der Waals surface area contributed by atoms with Crippen molar-refractivity contribution in [3.8, 4) is 5.75 Å². The third-order valence-electron chi connectivity index (χ3n) is 2.65. The molecule has 2 nitrogen and oxygen atoms in total. The molecule has 0 amide bonds. The molecular formula is C11H15NO. The fraction of sp³-hybridized carbons (Fsp3) is 0.455. The molecular weight excluding hydrogens is 162 g/mol. The highest BCUT2D eigenvalue weighted by atomic mass is 16.5. The second-order valence-electron chi connectivity index (χ2n) is 3.48. The van der Waals surface area contributed by atoms with E-state index >= 15 is 0 Å². The van der Waals surface area contributed by atoms with Gasteiger partial charge in [0.2, 0.25) is 0 Å². The predicted molar refractivity (Wildman–Crippen MR) is 53.1 cm³/mol. The van der Waals surface area contributed by atoms with Crippen LogP contribution in [0.5, 0.6) is 5.75 Å². The van der Waals surface area contributed by atoms with Crippen LogP contribution >= 0.6 is 0 Å². The molecule has 13 heavy (non-hydrogen) atoms. The molecule has 0 aromatic heterocycles. The standard InChI is InChI=1S/C11H15NO/c1-8(12-2)9-3-4-11-10(7-9)5-6-13-11/h3-4,7-8,12H,5-6H2,1-2H3/t8-/m1/s1. The fourth-order valence-corrected chi connectivity index (χ4v) is 1.64. The lowest BCUT2D eigenvalue weighted by atomic mass is 10.0. The van der Waals surface area contributed by atoms with Crippen LogP contribution in [0.1, 0.15) is 24.1 Å². The van der Waals surface area contributed by atoms with Crippen LogP contribution in [0.3, 0.4) is 0 Å². The summed E-state index contributed by atoms with van der Waals surface area (Å²) in [6, 6.07) is 6.87. The van der Waals surface area contributed by atoms with E-state index in [0.29, 0.717) is 6.04 Å². The molecule has 70 valence electrons. The third kappa shape index (κ3) is 1.54. The average molecular weight is 177 g/mol. The zero-order valence-electron chi connectivity index (χ0n) is 8.13. The van der Waals surface area contributed by atoms with E-state index in [-0.39, 0.29) is 0 Å². The topological polar surface area (TPSA) is 21.3 Å². The quantitative estimate of drug-likeness (QED) is 0.745. The molecule has 0 unspecified atom stereocenters. The van der Waals surface area contributed by atoms with E-state index in [1.165, 1.54) is 11.1 Å². The average Bonchev–Trinajstić information content (AvgIpc) is 2.63. The predicted octanol–water partition coefficient (Wildman–Crippen LogP) is 1.90. The first-order valence-electron chi connectivity index (χ1n) is 4.74. The van der Waals surface area contributed by atoms with Crippen molar-refractivity contribution in [3.63, 3.8) is 0 Å². The molecule has 1 aliphatic heterocycles. The number of rotatable bonds is 2. The molecule has 0 spiro atoms. The van der Waals surface area contributed by atoms with Crippen LogP contribution in [0.4, 0.5) is 0 Å². The molecule has 1 aromatic carbocycles. The van der Waals surface area contributed by atoms with Gasteiger partial charge in [0.15, 0.2) is 0 Å². The van der Waals surface area contributed by atoms with Gasteiger partial charge in [-0.2, -0.15) is 0 Å². The molecule has 0 bridgehead atoms. The maximum atomic E-state index is 5.45. The van der Waals surface area contributed by atoms with Gasteiger partial charge in [-0.05, 0) is 31.2 Å². The molecule has 1 aliphatic rings. The highest BCUT2D eigenvalue weighted by molar-refractivity contribution is 5.40. The summed E-state index contributed by atoms with van der Waals surface area (Å²) in [4.78, 5) is 0. The Morgan fingerprint density at radius 1 is 1.46 bits per heavy atom. The lowest BCUT2D eigenvalue weighted by Crippen LogP contribution is -2.12. The zero-order valence-corrected chi connectivity index (χ0v) is 8.13. The maximum absolute atomic E-state index is 5.45. The van der Waals surface area contributed by atoms with Crippen LogP contribution in [0.25, 0.3) is 0 Å². The van der Waals surface area contributed by atoms with Gasteiger partial charge in [0.25, 0.3) is 0 Å². The highest BCUT2D eigenvalue weighted by Crippen LogP contribution is 2.27. The van der Waals surface area contributed by atoms with Gasteiger partial charge >= 0.3 is 0 Å². The molecule has 0 aliphatic carbocycles. The Balaban J connectivity index is 2.30. The largest absolute Gasteiger partial charge is 0.493 e. The van der Waals surface area contributed by atoms with E-state index < -0.39 is 0 Å². The first-order chi connectivity index (χ1) is 6.31. The number of fused-ring (bicyclic) bond motifs is 1. The van der Waals surface area contributed by atoms with Gasteiger partial charge in [-0.3, -0.25) is 0 Å². The van der Waals surface area contributed by atoms with E-state index in [1.54, 1.807) is 0 Å². The molecule has 0 fully saturated rings. The molecule has 0 saturated heterocycles. The number of nitrogens with one attached hydrogen (secondary N) is 1. The van der Waals surface area contributed by atoms with Crippen LogP contribution in [0, 0.1) is 0 Å². The summed E-state index contributed by atoms with van der Waals surface area (Å²) < 4.78 is 5.45. The third-order valence-corrected chi connectivity index (χ3v) is 2.65. The molecule has 1 atom stereocenters. The second kappa shape index (κ2) is 3.38. The summed E-state index contributed by atoms with van der Waals surface area (Å²) in [5.74, 6) is 1.06. The van der Waals surface area contributed by atoms with Crippen molar-refractivity contribution in [3.05, 3.63) is 29.3 Å². The van der Waals surface area contributed by atoms with Gasteiger partial charge in [-0.1, -0.05) is 12.1 Å². The Morgan fingerprint density at radius 3 is 3.08 bits per heavy atom. The summed E-state index contributed by atoms with van der Waals surface area (Å²) in [6.07, 6.45) is 1.06. The van der Waals surface area contributed by atoms with Crippen molar-refractivity contribution in [2.75, 3.05) is 13.7 Å². The zero-order chi connectivity index (χ0) is 9.26. The Morgan fingerprint density at radius 2 is 2.31 bits per heavy atom. The Hall–Kier alpha value is -1.02. The summed E-state index contributed by atoms with van der Waals surface area (Å²) in [6.45, 7) is 3.00. The molecule has 1 N–H and O–H groups in total. The first-order valence-corrected chi connectivity index (χ1v) is 4.74. The first kappa shape index (κ1) is 8.57. The molecule has 1 heterocycles. The van der Waals surface area contributed by atoms with Gasteiger partial charge in [-0.15, -0.1) is 0 Å². The summed E-state index contributed by atoms with van der Waals surface area (Å²) in [5, 5.41) is 3.23. The fourth-order valence-electron chi connectivity index (χ4n) is 1.64. The number of benzene rings is 1. The molecule has 1 aromatic rings. The van der Waals surface area contributed by atoms with Gasteiger partial charge in [-0.25, -0.2) is 0 Å². The van der Waals surface area contributed by atoms with Crippen LogP contribution in [-0.2, 0) is 6.42 Å². The number of hydrogen-bond acceptors (Lipinski definition) is 2. The van der Waals surface area contributed by atoms with Gasteiger partial charge in [0.05, 0.1) is 6.61 Å². The Labute approximate surface area is 78.9 Å². The maximum Gasteiger partial charge on any atom is 0.122 e. The summed E-state index contributed by atoms with van der Waals surface area (Å²) >= 11 is 0. The normalized spacial score (nSPS) is 16.5. The minimum Gasteiger partial charge on any atom is -0.493 e. The smallest absolute Gasteiger partial charge is 0.122 e. The van der Waals surface area contributed by atoms with Gasteiger partial charge < -0.3 is 10.1 Å². The van der Waals surface area contributed by atoms with E-state index in [1.807, 2.05) is 7.05 Å². The van der Waals surface area contributed by atoms with E-state index in [0.717, 1.165) is 18.8 Å². The van der Waals surface area contributed by atoms with Crippen LogP contribution in [-0.4, -0.2) is 13.7 Å². The van der Waals surface area contributed by atoms with Crippen molar-refractivity contribution < 1.29 is 4.74 Å². The van der Waals surface area contributed by atoms with Gasteiger partial charge in [0.1, 0.15) is 5.75 Å². The van der Waals surface area contributed by atoms with Crippen molar-refractivity contribution >= 4 is 0 Å². The number of ether oxygens (including phenoxy) is 1. The minimum absolute atomic E-state index is 0.422. The second-order valence-corrected chi connectivity index (χ2v) is 3.48. The number of hydrogen-bond donors (Lipinski definition) is 1. The van der Waals surface area contributed by atoms with Crippen molar-refractivity contribution in [1.82, 2.24) is 5.32 Å². The van der Waals surface area contributed by atoms with Crippen LogP contribution in [0.15, 0.2) is 18.2 Å². The molecule has 0 radical (unpaired) electrons. The minimum atomic E-state index is 0.422. The van der Waals surface area contributed by atoms with Crippen molar-refractivity contribution in [2.45, 2.75) is 19.4 Å². The lowest BCUT2D eigenvalue weighted by Gasteiger charge is -2.11. The summed E-state index contributed by atoms with van der Waals surface area (Å²) in [5.41, 5.74) is 2.69. The Bertz CT molecular complexity index is 309. The highest BCUT2D eigenvalue weighted by Gasteiger charge is 2.13. The van der Waals surface area contributed by atoms with Crippen LogP contribution in [0.2, 0.25) is 0 Å². The van der Waals surface area contributed by atoms with E-state index in [4.69, 9.17) is 4.74 Å². The molecule has 0 saturated carbocycles. The monoisotopic (exact) mass is 177 g/mol. The van der Waals surface area contributed by atoms with Crippen molar-refractivity contribution in [2.24, 2.45) is 0 Å². The lowest BCUT2D eigenvalue weighted by molar-refractivity contribution is 0.357. The van der Waals surface area contributed by atoms with E-state index in [2.05, 4.69) is 30.4 Å².